The maximum absolute atomic E-state index is 12.8. The first-order valence-electron chi connectivity index (χ1n) is 7.37. The number of hydrogen-bond donors (Lipinski definition) is 2. The van der Waals surface area contributed by atoms with Gasteiger partial charge in [-0.25, -0.2) is 0 Å². The molecule has 0 spiro atoms. The number of nitrogens with one attached hydrogen (secondary N) is 2. The van der Waals surface area contributed by atoms with Gasteiger partial charge in [0.2, 0.25) is 5.91 Å². The van der Waals surface area contributed by atoms with E-state index in [1.165, 1.54) is 6.07 Å². The minimum absolute atomic E-state index is 0.0819. The molecular formula is C17H14ClF3N2O3. The summed E-state index contributed by atoms with van der Waals surface area (Å²) in [5.41, 5.74) is -1.14. The molecule has 0 unspecified atom stereocenters. The van der Waals surface area contributed by atoms with Crippen molar-refractivity contribution in [1.29, 1.82) is 0 Å². The van der Waals surface area contributed by atoms with Gasteiger partial charge in [0, 0.05) is 5.69 Å². The third-order valence-electron chi connectivity index (χ3n) is 3.11. The highest BCUT2D eigenvalue weighted by atomic mass is 35.5. The summed E-state index contributed by atoms with van der Waals surface area (Å²) in [6.07, 6.45) is -4.64. The zero-order valence-corrected chi connectivity index (χ0v) is 14.0. The first kappa shape index (κ1) is 19.6. The van der Waals surface area contributed by atoms with Crippen LogP contribution in [-0.2, 0) is 15.8 Å². The molecule has 2 N–H and O–H groups in total. The van der Waals surface area contributed by atoms with Crippen molar-refractivity contribution in [2.45, 2.75) is 6.18 Å². The molecule has 9 heteroatoms. The van der Waals surface area contributed by atoms with E-state index >= 15 is 0 Å². The molecule has 0 aromatic heterocycles. The average Bonchev–Trinajstić information content (AvgIpc) is 2.60. The fourth-order valence-electron chi connectivity index (χ4n) is 1.92. The van der Waals surface area contributed by atoms with Gasteiger partial charge in [-0.2, -0.15) is 13.2 Å². The second-order valence-electron chi connectivity index (χ2n) is 5.12. The van der Waals surface area contributed by atoms with E-state index in [4.69, 9.17) is 16.3 Å². The Kier molecular flexibility index (Phi) is 6.46. The van der Waals surface area contributed by atoms with E-state index in [-0.39, 0.29) is 12.3 Å². The van der Waals surface area contributed by atoms with E-state index < -0.39 is 35.1 Å². The molecule has 0 radical (unpaired) electrons. The number of rotatable bonds is 6. The largest absolute Gasteiger partial charge is 0.484 e. The van der Waals surface area contributed by atoms with Gasteiger partial charge in [0.1, 0.15) is 5.75 Å². The average molecular weight is 387 g/mol. The monoisotopic (exact) mass is 386 g/mol. The molecule has 0 atom stereocenters. The molecule has 0 aliphatic rings. The lowest BCUT2D eigenvalue weighted by molar-refractivity contribution is -0.137. The van der Waals surface area contributed by atoms with Crippen molar-refractivity contribution in [2.24, 2.45) is 0 Å². The summed E-state index contributed by atoms with van der Waals surface area (Å²) in [4.78, 5) is 23.4. The number of carbonyl (C=O) groups excluding carboxylic acids is 2. The Bertz CT molecular complexity index is 783. The zero-order chi connectivity index (χ0) is 19.2. The molecule has 0 saturated heterocycles. The molecule has 2 aromatic rings. The van der Waals surface area contributed by atoms with E-state index in [1.54, 1.807) is 30.3 Å². The number of carbonyl (C=O) groups is 2. The topological polar surface area (TPSA) is 67.4 Å². The van der Waals surface area contributed by atoms with Gasteiger partial charge >= 0.3 is 6.18 Å². The number of alkyl halides is 3. The van der Waals surface area contributed by atoms with Gasteiger partial charge in [-0.1, -0.05) is 29.8 Å². The lowest BCUT2D eigenvalue weighted by Gasteiger charge is -2.12. The van der Waals surface area contributed by atoms with Crippen LogP contribution < -0.4 is 15.4 Å². The van der Waals surface area contributed by atoms with Gasteiger partial charge in [-0.05, 0) is 30.3 Å². The van der Waals surface area contributed by atoms with Gasteiger partial charge in [0.25, 0.3) is 5.91 Å². The number of hydrogen-bond acceptors (Lipinski definition) is 3. The van der Waals surface area contributed by atoms with Gasteiger partial charge in [-0.15, -0.1) is 0 Å². The summed E-state index contributed by atoms with van der Waals surface area (Å²) in [5, 5.41) is 4.09. The van der Waals surface area contributed by atoms with E-state index in [9.17, 15) is 22.8 Å². The van der Waals surface area contributed by atoms with E-state index in [0.29, 0.717) is 5.75 Å². The highest BCUT2D eigenvalue weighted by Gasteiger charge is 2.33. The third kappa shape index (κ3) is 5.96. The quantitative estimate of drug-likeness (QED) is 0.798. The second kappa shape index (κ2) is 8.57. The lowest BCUT2D eigenvalue weighted by atomic mass is 10.2. The first-order valence-corrected chi connectivity index (χ1v) is 7.74. The smallest absolute Gasteiger partial charge is 0.417 e. The summed E-state index contributed by atoms with van der Waals surface area (Å²) < 4.78 is 43.5. The number of para-hydroxylation sites is 1. The van der Waals surface area contributed by atoms with Gasteiger partial charge in [-0.3, -0.25) is 9.59 Å². The van der Waals surface area contributed by atoms with Crippen molar-refractivity contribution in [1.82, 2.24) is 5.32 Å². The van der Waals surface area contributed by atoms with Crippen molar-refractivity contribution < 1.29 is 27.5 Å². The molecule has 0 fully saturated rings. The first-order chi connectivity index (χ1) is 12.3. The molecule has 0 aliphatic carbocycles. The minimum atomic E-state index is -4.64. The van der Waals surface area contributed by atoms with Gasteiger partial charge in [0.05, 0.1) is 17.1 Å². The van der Waals surface area contributed by atoms with Crippen LogP contribution in [0.5, 0.6) is 5.75 Å². The standard InChI is InChI=1S/C17H14ClF3N2O3/c18-14-7-6-11(8-13(14)17(19,20)21)23-15(24)9-22-16(25)10-26-12-4-2-1-3-5-12/h1-8H,9-10H2,(H,22,25)(H,23,24). The van der Waals surface area contributed by atoms with Crippen LogP contribution in [0, 0.1) is 0 Å². The molecule has 2 aromatic carbocycles. The van der Waals surface area contributed by atoms with Crippen molar-refractivity contribution in [3.05, 3.63) is 59.1 Å². The predicted octanol–water partition coefficient (Wildman–Crippen LogP) is 3.49. The van der Waals surface area contributed by atoms with Crippen LogP contribution in [0.3, 0.4) is 0 Å². The van der Waals surface area contributed by atoms with Crippen molar-refractivity contribution in [3.63, 3.8) is 0 Å². The molecule has 5 nitrogen and oxygen atoms in total. The van der Waals surface area contributed by atoms with Crippen LogP contribution in [0.15, 0.2) is 48.5 Å². The second-order valence-corrected chi connectivity index (χ2v) is 5.53. The Balaban J connectivity index is 1.82. The Morgan fingerprint density at radius 3 is 2.38 bits per heavy atom. The van der Waals surface area contributed by atoms with E-state index in [2.05, 4.69) is 10.6 Å². The summed E-state index contributed by atoms with van der Waals surface area (Å²) >= 11 is 5.50. The summed E-state index contributed by atoms with van der Waals surface area (Å²) in [6, 6.07) is 11.6. The van der Waals surface area contributed by atoms with Crippen LogP contribution in [-0.4, -0.2) is 25.0 Å². The fourth-order valence-corrected chi connectivity index (χ4v) is 2.15. The SMILES string of the molecule is O=C(COc1ccccc1)NCC(=O)Nc1ccc(Cl)c(C(F)(F)F)c1. The molecule has 2 rings (SSSR count). The van der Waals surface area contributed by atoms with Crippen molar-refractivity contribution in [2.75, 3.05) is 18.5 Å². The van der Waals surface area contributed by atoms with Gasteiger partial charge < -0.3 is 15.4 Å². The Morgan fingerprint density at radius 1 is 1.04 bits per heavy atom. The number of halogens is 4. The maximum Gasteiger partial charge on any atom is 0.417 e. The maximum atomic E-state index is 12.8. The van der Waals surface area contributed by atoms with Crippen LogP contribution >= 0.6 is 11.6 Å². The number of benzene rings is 2. The Hall–Kier alpha value is -2.74. The molecule has 26 heavy (non-hydrogen) atoms. The fraction of sp³-hybridized carbons (Fsp3) is 0.176. The highest BCUT2D eigenvalue weighted by molar-refractivity contribution is 6.31. The van der Waals surface area contributed by atoms with Crippen LogP contribution in [0.1, 0.15) is 5.56 Å². The van der Waals surface area contributed by atoms with Crippen LogP contribution in [0.4, 0.5) is 18.9 Å². The number of amides is 2. The van der Waals surface area contributed by atoms with Crippen LogP contribution in [0.25, 0.3) is 0 Å². The molecule has 0 heterocycles. The Morgan fingerprint density at radius 2 is 1.73 bits per heavy atom. The molecule has 0 aliphatic heterocycles. The number of anilines is 1. The summed E-state index contributed by atoms with van der Waals surface area (Å²) in [6.45, 7) is -0.711. The zero-order valence-electron chi connectivity index (χ0n) is 13.3. The summed E-state index contributed by atoms with van der Waals surface area (Å²) in [5.74, 6) is -0.738. The van der Waals surface area contributed by atoms with Crippen molar-refractivity contribution >= 4 is 29.1 Å². The Labute approximate surface area is 152 Å². The van der Waals surface area contributed by atoms with Gasteiger partial charge in [0.15, 0.2) is 6.61 Å². The third-order valence-corrected chi connectivity index (χ3v) is 3.44. The minimum Gasteiger partial charge on any atom is -0.484 e. The number of ether oxygens (including phenoxy) is 1. The lowest BCUT2D eigenvalue weighted by Crippen LogP contribution is -2.35. The molecule has 0 bridgehead atoms. The normalized spacial score (nSPS) is 10.9. The predicted molar refractivity (Wildman–Crippen MR) is 90.0 cm³/mol. The molecule has 2 amide bonds. The van der Waals surface area contributed by atoms with E-state index in [0.717, 1.165) is 12.1 Å². The molecular weight excluding hydrogens is 373 g/mol. The van der Waals surface area contributed by atoms with E-state index in [1.807, 2.05) is 0 Å². The molecule has 138 valence electrons. The molecule has 0 saturated carbocycles. The highest BCUT2D eigenvalue weighted by Crippen LogP contribution is 2.36. The van der Waals surface area contributed by atoms with Crippen LogP contribution in [0.2, 0.25) is 5.02 Å². The van der Waals surface area contributed by atoms with Crippen molar-refractivity contribution in [3.8, 4) is 5.75 Å². The summed E-state index contributed by atoms with van der Waals surface area (Å²) in [7, 11) is 0.